The fourth-order valence-corrected chi connectivity index (χ4v) is 3.59. The zero-order valence-corrected chi connectivity index (χ0v) is 13.6. The summed E-state index contributed by atoms with van der Waals surface area (Å²) in [5, 5.41) is 1.44. The molecule has 3 rings (SSSR count). The van der Waals surface area contributed by atoms with E-state index in [0.29, 0.717) is 12.0 Å². The molecule has 2 nitrogen and oxygen atoms in total. The van der Waals surface area contributed by atoms with Crippen molar-refractivity contribution in [2.24, 2.45) is 4.99 Å². The zero-order valence-electron chi connectivity index (χ0n) is 13.6. The predicted octanol–water partition coefficient (Wildman–Crippen LogP) is 4.72. The van der Waals surface area contributed by atoms with Crippen LogP contribution in [-0.2, 0) is 0 Å². The van der Waals surface area contributed by atoms with E-state index in [1.807, 2.05) is 0 Å². The van der Waals surface area contributed by atoms with Crippen LogP contribution < -0.4 is 0 Å². The Kier molecular flexibility index (Phi) is 2.82. The van der Waals surface area contributed by atoms with Crippen LogP contribution in [0.15, 0.2) is 4.99 Å². The molecule has 1 N–H and O–H groups in total. The van der Waals surface area contributed by atoms with Crippen LogP contribution in [0.25, 0.3) is 10.9 Å². The number of hydrogen-bond acceptors (Lipinski definition) is 1. The molecule has 0 saturated heterocycles. The molecule has 106 valence electrons. The average molecular weight is 268 g/mol. The van der Waals surface area contributed by atoms with Gasteiger partial charge in [0, 0.05) is 16.8 Å². The third-order valence-corrected chi connectivity index (χ3v) is 5.41. The maximum atomic E-state index is 4.79. The molecule has 0 radical (unpaired) electrons. The highest BCUT2D eigenvalue weighted by Gasteiger charge is 2.29. The van der Waals surface area contributed by atoms with Crippen molar-refractivity contribution < 1.29 is 0 Å². The van der Waals surface area contributed by atoms with Gasteiger partial charge in [-0.05, 0) is 69.4 Å². The van der Waals surface area contributed by atoms with Crippen LogP contribution in [-0.4, -0.2) is 16.7 Å². The molecule has 0 saturated carbocycles. The number of nitrogens with one attached hydrogen (secondary N) is 1. The van der Waals surface area contributed by atoms with Crippen LogP contribution in [0.5, 0.6) is 0 Å². The van der Waals surface area contributed by atoms with Gasteiger partial charge in [0.05, 0.1) is 17.4 Å². The molecule has 0 amide bonds. The lowest BCUT2D eigenvalue weighted by Crippen LogP contribution is -2.20. The number of rotatable bonds is 0. The van der Waals surface area contributed by atoms with Gasteiger partial charge in [-0.3, -0.25) is 4.99 Å². The fourth-order valence-electron chi connectivity index (χ4n) is 3.59. The number of aryl methyl sites for hydroxylation is 2. The summed E-state index contributed by atoms with van der Waals surface area (Å²) in [4.78, 5) is 8.45. The second-order valence-corrected chi connectivity index (χ2v) is 6.41. The van der Waals surface area contributed by atoms with E-state index >= 15 is 0 Å². The molecule has 0 spiro atoms. The molecule has 1 aromatic heterocycles. The largest absolute Gasteiger partial charge is 0.353 e. The third kappa shape index (κ3) is 1.54. The highest BCUT2D eigenvalue weighted by atomic mass is 14.9. The molecule has 20 heavy (non-hydrogen) atoms. The second-order valence-electron chi connectivity index (χ2n) is 6.41. The van der Waals surface area contributed by atoms with E-state index in [1.165, 1.54) is 44.4 Å². The Balaban J connectivity index is 2.51. The van der Waals surface area contributed by atoms with Crippen molar-refractivity contribution in [3.8, 4) is 0 Å². The molecule has 2 atom stereocenters. The van der Waals surface area contributed by atoms with Crippen LogP contribution in [0.2, 0.25) is 0 Å². The van der Waals surface area contributed by atoms with Gasteiger partial charge in [-0.25, -0.2) is 0 Å². The predicted molar refractivity (Wildman–Crippen MR) is 87.3 cm³/mol. The summed E-state index contributed by atoms with van der Waals surface area (Å²) in [6.07, 6.45) is 0. The summed E-state index contributed by atoms with van der Waals surface area (Å²) < 4.78 is 0. The van der Waals surface area contributed by atoms with E-state index in [9.17, 15) is 0 Å². The highest BCUT2D eigenvalue weighted by Crippen LogP contribution is 2.40. The van der Waals surface area contributed by atoms with Crippen molar-refractivity contribution in [1.82, 2.24) is 4.98 Å². The zero-order chi connectivity index (χ0) is 14.8. The first kappa shape index (κ1) is 13.4. The Labute approximate surface area is 121 Å². The van der Waals surface area contributed by atoms with Crippen LogP contribution >= 0.6 is 0 Å². The van der Waals surface area contributed by atoms with Crippen molar-refractivity contribution >= 4 is 16.6 Å². The van der Waals surface area contributed by atoms with Crippen LogP contribution in [0, 0.1) is 27.7 Å². The molecule has 2 unspecified atom stereocenters. The van der Waals surface area contributed by atoms with Gasteiger partial charge >= 0.3 is 0 Å². The lowest BCUT2D eigenvalue weighted by molar-refractivity contribution is 0.607. The minimum atomic E-state index is 0.364. The Bertz CT molecular complexity index is 747. The first-order chi connectivity index (χ1) is 9.34. The van der Waals surface area contributed by atoms with E-state index in [4.69, 9.17) is 4.99 Å². The number of H-pyrrole nitrogens is 1. The minimum Gasteiger partial charge on any atom is -0.353 e. The first-order valence-corrected chi connectivity index (χ1v) is 7.51. The summed E-state index contributed by atoms with van der Waals surface area (Å²) in [5.74, 6) is 0.475. The smallest absolute Gasteiger partial charge is 0.0638 e. The summed E-state index contributed by atoms with van der Waals surface area (Å²) in [6.45, 7) is 15.6. The van der Waals surface area contributed by atoms with Gasteiger partial charge in [0.15, 0.2) is 0 Å². The number of hydrogen-bond donors (Lipinski definition) is 1. The standard InChI is InChI=1S/C18H24N2/c1-8-9(2)11(4)17-15(10(8)3)16-12(5)13(6)19-14(7)18(16)20-17/h12-13,20H,1-7H3. The lowest BCUT2D eigenvalue weighted by Gasteiger charge is -2.24. The summed E-state index contributed by atoms with van der Waals surface area (Å²) in [5.41, 5.74) is 10.8. The molecular weight excluding hydrogens is 244 g/mol. The molecule has 2 aromatic rings. The Hall–Kier alpha value is -1.57. The van der Waals surface area contributed by atoms with Gasteiger partial charge in [0.2, 0.25) is 0 Å². The maximum absolute atomic E-state index is 4.79. The number of fused-ring (bicyclic) bond motifs is 3. The number of aromatic amines is 1. The minimum absolute atomic E-state index is 0.364. The Morgan fingerprint density at radius 3 is 2.10 bits per heavy atom. The first-order valence-electron chi connectivity index (χ1n) is 7.51. The molecule has 1 aromatic carbocycles. The Morgan fingerprint density at radius 1 is 0.850 bits per heavy atom. The van der Waals surface area contributed by atoms with Crippen molar-refractivity contribution in [2.75, 3.05) is 0 Å². The maximum Gasteiger partial charge on any atom is 0.0638 e. The van der Waals surface area contributed by atoms with Crippen LogP contribution in [0.3, 0.4) is 0 Å². The van der Waals surface area contributed by atoms with E-state index in [2.05, 4.69) is 53.5 Å². The average Bonchev–Trinajstić information content (AvgIpc) is 2.81. The van der Waals surface area contributed by atoms with Gasteiger partial charge in [0.1, 0.15) is 0 Å². The van der Waals surface area contributed by atoms with Crippen molar-refractivity contribution in [3.05, 3.63) is 33.5 Å². The summed E-state index contributed by atoms with van der Waals surface area (Å²) in [7, 11) is 0. The monoisotopic (exact) mass is 268 g/mol. The van der Waals surface area contributed by atoms with Crippen molar-refractivity contribution in [3.63, 3.8) is 0 Å². The van der Waals surface area contributed by atoms with Gasteiger partial charge < -0.3 is 4.98 Å². The summed E-state index contributed by atoms with van der Waals surface area (Å²) in [6, 6.07) is 0.364. The third-order valence-electron chi connectivity index (χ3n) is 5.41. The number of aliphatic imine (C=N–C) groups is 1. The fraction of sp³-hybridized carbons (Fsp3) is 0.500. The second kappa shape index (κ2) is 4.21. The molecule has 1 aliphatic heterocycles. The van der Waals surface area contributed by atoms with Gasteiger partial charge in [-0.2, -0.15) is 0 Å². The quantitative estimate of drug-likeness (QED) is 0.716. The van der Waals surface area contributed by atoms with Gasteiger partial charge in [-0.1, -0.05) is 6.92 Å². The normalized spacial score (nSPS) is 22.1. The Morgan fingerprint density at radius 2 is 1.45 bits per heavy atom. The molecule has 0 bridgehead atoms. The molecule has 0 aliphatic carbocycles. The number of aromatic nitrogens is 1. The van der Waals surface area contributed by atoms with E-state index < -0.39 is 0 Å². The van der Waals surface area contributed by atoms with Gasteiger partial charge in [-0.15, -0.1) is 0 Å². The summed E-state index contributed by atoms with van der Waals surface area (Å²) >= 11 is 0. The van der Waals surface area contributed by atoms with E-state index in [1.54, 1.807) is 0 Å². The molecule has 1 aliphatic rings. The molecule has 0 fully saturated rings. The lowest BCUT2D eigenvalue weighted by atomic mass is 9.85. The van der Waals surface area contributed by atoms with E-state index in [0.717, 1.165) is 5.71 Å². The highest BCUT2D eigenvalue weighted by molar-refractivity contribution is 6.07. The number of nitrogens with zero attached hydrogens (tertiary/aromatic N) is 1. The SMILES string of the molecule is CC1=NC(C)C(C)c2c1[nH]c1c(C)c(C)c(C)c(C)c21. The molecule has 2 heterocycles. The van der Waals surface area contributed by atoms with Crippen LogP contribution in [0.4, 0.5) is 0 Å². The van der Waals surface area contributed by atoms with Crippen molar-refractivity contribution in [2.45, 2.75) is 60.4 Å². The molecule has 2 heteroatoms. The number of benzene rings is 1. The van der Waals surface area contributed by atoms with E-state index in [-0.39, 0.29) is 0 Å². The topological polar surface area (TPSA) is 28.1 Å². The van der Waals surface area contributed by atoms with Crippen LogP contribution in [0.1, 0.15) is 60.2 Å². The molecular formula is C18H24N2. The van der Waals surface area contributed by atoms with Crippen molar-refractivity contribution in [1.29, 1.82) is 0 Å². The van der Waals surface area contributed by atoms with Gasteiger partial charge in [0.25, 0.3) is 0 Å².